The third-order valence-corrected chi connectivity index (χ3v) is 3.56. The van der Waals surface area contributed by atoms with E-state index in [-0.39, 0.29) is 0 Å². The summed E-state index contributed by atoms with van der Waals surface area (Å²) in [6, 6.07) is 15.3. The van der Waals surface area contributed by atoms with E-state index < -0.39 is 11.9 Å². The molecule has 0 radical (unpaired) electrons. The molecule has 0 fully saturated rings. The molecule has 0 bridgehead atoms. The third-order valence-electron chi connectivity index (χ3n) is 3.56. The summed E-state index contributed by atoms with van der Waals surface area (Å²) < 4.78 is 5.59. The van der Waals surface area contributed by atoms with Crippen molar-refractivity contribution in [3.63, 3.8) is 0 Å². The van der Waals surface area contributed by atoms with Gasteiger partial charge in [0.2, 0.25) is 0 Å². The molecule has 0 saturated carbocycles. The van der Waals surface area contributed by atoms with Gasteiger partial charge in [0.1, 0.15) is 5.75 Å². The van der Waals surface area contributed by atoms with Gasteiger partial charge in [0.25, 0.3) is 0 Å². The van der Waals surface area contributed by atoms with E-state index >= 15 is 0 Å². The number of rotatable bonds is 6. The summed E-state index contributed by atoms with van der Waals surface area (Å²) >= 11 is 0. The highest BCUT2D eigenvalue weighted by Gasteiger charge is 2.23. The molecule has 3 nitrogen and oxygen atoms in total. The van der Waals surface area contributed by atoms with Gasteiger partial charge >= 0.3 is 5.97 Å². The lowest BCUT2D eigenvalue weighted by Crippen LogP contribution is -2.16. The average Bonchev–Trinajstić information content (AvgIpc) is 2.47. The lowest BCUT2D eigenvalue weighted by molar-refractivity contribution is -0.138. The maximum atomic E-state index is 11.7. The van der Waals surface area contributed by atoms with Gasteiger partial charge in [0.05, 0.1) is 12.5 Å². The number of carbonyl (C=O) groups is 1. The molecule has 110 valence electrons. The van der Waals surface area contributed by atoms with Crippen LogP contribution in [0.4, 0.5) is 0 Å². The van der Waals surface area contributed by atoms with Gasteiger partial charge < -0.3 is 9.84 Å². The molecule has 0 heterocycles. The van der Waals surface area contributed by atoms with Crippen LogP contribution >= 0.6 is 0 Å². The molecule has 0 aliphatic heterocycles. The zero-order valence-corrected chi connectivity index (χ0v) is 12.4. The van der Waals surface area contributed by atoms with E-state index in [1.165, 1.54) is 0 Å². The van der Waals surface area contributed by atoms with Crippen LogP contribution in [0.1, 0.15) is 29.5 Å². The monoisotopic (exact) mass is 284 g/mol. The van der Waals surface area contributed by atoms with E-state index in [4.69, 9.17) is 4.74 Å². The Morgan fingerprint density at radius 3 is 2.48 bits per heavy atom. The number of carboxylic acids is 1. The topological polar surface area (TPSA) is 46.5 Å². The SMILES string of the molecule is CCOc1ccccc1CC(C(=O)O)c1ccccc1C. The maximum absolute atomic E-state index is 11.7. The van der Waals surface area contributed by atoms with Gasteiger partial charge in [0.15, 0.2) is 0 Å². The summed E-state index contributed by atoms with van der Waals surface area (Å²) in [6.07, 6.45) is 0.427. The number of benzene rings is 2. The van der Waals surface area contributed by atoms with Crippen LogP contribution in [0.15, 0.2) is 48.5 Å². The second kappa shape index (κ2) is 6.93. The Kier molecular flexibility index (Phi) is 4.99. The predicted octanol–water partition coefficient (Wildman–Crippen LogP) is 3.80. The van der Waals surface area contributed by atoms with Crippen LogP contribution in [0.25, 0.3) is 0 Å². The number of carboxylic acid groups (broad SMARTS) is 1. The Morgan fingerprint density at radius 1 is 1.14 bits per heavy atom. The van der Waals surface area contributed by atoms with Crippen LogP contribution in [0.2, 0.25) is 0 Å². The van der Waals surface area contributed by atoms with E-state index in [1.54, 1.807) is 0 Å². The van der Waals surface area contributed by atoms with Crippen LogP contribution in [-0.2, 0) is 11.2 Å². The first-order valence-corrected chi connectivity index (χ1v) is 7.12. The van der Waals surface area contributed by atoms with Crippen molar-refractivity contribution >= 4 is 5.97 Å². The first-order chi connectivity index (χ1) is 10.1. The van der Waals surface area contributed by atoms with Crippen molar-refractivity contribution in [1.82, 2.24) is 0 Å². The molecule has 2 aromatic carbocycles. The van der Waals surface area contributed by atoms with E-state index in [0.29, 0.717) is 13.0 Å². The Morgan fingerprint density at radius 2 is 1.81 bits per heavy atom. The largest absolute Gasteiger partial charge is 0.494 e. The molecule has 0 spiro atoms. The molecule has 2 aromatic rings. The molecule has 0 aliphatic carbocycles. The summed E-state index contributed by atoms with van der Waals surface area (Å²) in [5, 5.41) is 9.59. The van der Waals surface area contributed by atoms with Crippen molar-refractivity contribution in [2.45, 2.75) is 26.2 Å². The van der Waals surface area contributed by atoms with Crippen molar-refractivity contribution in [2.24, 2.45) is 0 Å². The van der Waals surface area contributed by atoms with Gasteiger partial charge in [-0.2, -0.15) is 0 Å². The number of aliphatic carboxylic acids is 1. The minimum atomic E-state index is -0.810. The van der Waals surface area contributed by atoms with E-state index in [9.17, 15) is 9.90 Å². The smallest absolute Gasteiger partial charge is 0.311 e. The zero-order chi connectivity index (χ0) is 15.2. The molecule has 1 unspecified atom stereocenters. The molecule has 3 heteroatoms. The Hall–Kier alpha value is -2.29. The fraction of sp³-hybridized carbons (Fsp3) is 0.278. The molecular weight excluding hydrogens is 264 g/mol. The maximum Gasteiger partial charge on any atom is 0.311 e. The van der Waals surface area contributed by atoms with Gasteiger partial charge in [-0.25, -0.2) is 0 Å². The Bertz CT molecular complexity index is 619. The summed E-state index contributed by atoms with van der Waals surface area (Å²) in [4.78, 5) is 11.7. The fourth-order valence-corrected chi connectivity index (χ4v) is 2.50. The van der Waals surface area contributed by atoms with Gasteiger partial charge in [-0.3, -0.25) is 4.79 Å². The highest BCUT2D eigenvalue weighted by Crippen LogP contribution is 2.28. The van der Waals surface area contributed by atoms with Crippen LogP contribution in [0.3, 0.4) is 0 Å². The lowest BCUT2D eigenvalue weighted by atomic mass is 9.89. The van der Waals surface area contributed by atoms with Gasteiger partial charge in [-0.15, -0.1) is 0 Å². The summed E-state index contributed by atoms with van der Waals surface area (Å²) in [7, 11) is 0. The molecular formula is C18H20O3. The first-order valence-electron chi connectivity index (χ1n) is 7.12. The Labute approximate surface area is 125 Å². The molecule has 0 aromatic heterocycles. The van der Waals surface area contributed by atoms with Crippen molar-refractivity contribution in [3.05, 3.63) is 65.2 Å². The van der Waals surface area contributed by atoms with Gasteiger partial charge in [0, 0.05) is 0 Å². The van der Waals surface area contributed by atoms with E-state index in [0.717, 1.165) is 22.4 Å². The highest BCUT2D eigenvalue weighted by atomic mass is 16.5. The molecule has 1 atom stereocenters. The van der Waals surface area contributed by atoms with Gasteiger partial charge in [-0.05, 0) is 43.0 Å². The minimum Gasteiger partial charge on any atom is -0.494 e. The fourth-order valence-electron chi connectivity index (χ4n) is 2.50. The summed E-state index contributed by atoms with van der Waals surface area (Å²) in [6.45, 7) is 4.44. The first kappa shape index (κ1) is 15.1. The van der Waals surface area contributed by atoms with E-state index in [2.05, 4.69) is 0 Å². The number of aryl methyl sites for hydroxylation is 1. The second-order valence-corrected chi connectivity index (χ2v) is 4.99. The second-order valence-electron chi connectivity index (χ2n) is 4.99. The quantitative estimate of drug-likeness (QED) is 0.877. The van der Waals surface area contributed by atoms with Crippen molar-refractivity contribution < 1.29 is 14.6 Å². The number of hydrogen-bond acceptors (Lipinski definition) is 2. The predicted molar refractivity (Wildman–Crippen MR) is 82.9 cm³/mol. The average molecular weight is 284 g/mol. The lowest BCUT2D eigenvalue weighted by Gasteiger charge is -2.17. The number of para-hydroxylation sites is 1. The van der Waals surface area contributed by atoms with E-state index in [1.807, 2.05) is 62.4 Å². The van der Waals surface area contributed by atoms with Crippen molar-refractivity contribution in [2.75, 3.05) is 6.61 Å². The molecule has 2 rings (SSSR count). The number of ether oxygens (including phenoxy) is 1. The van der Waals surface area contributed by atoms with Crippen LogP contribution in [0, 0.1) is 6.92 Å². The minimum absolute atomic E-state index is 0.427. The third kappa shape index (κ3) is 3.63. The molecule has 21 heavy (non-hydrogen) atoms. The van der Waals surface area contributed by atoms with Crippen LogP contribution < -0.4 is 4.74 Å². The summed E-state index contributed by atoms with van der Waals surface area (Å²) in [5.41, 5.74) is 2.78. The van der Waals surface area contributed by atoms with Crippen molar-refractivity contribution in [3.8, 4) is 5.75 Å². The standard InChI is InChI=1S/C18H20O3/c1-3-21-17-11-7-5-9-14(17)12-16(18(19)20)15-10-6-4-8-13(15)2/h4-11,16H,3,12H2,1-2H3,(H,19,20). The number of hydrogen-bond donors (Lipinski definition) is 1. The summed E-state index contributed by atoms with van der Waals surface area (Å²) in [5.74, 6) is -0.608. The molecule has 0 aliphatic rings. The molecule has 0 saturated heterocycles. The van der Waals surface area contributed by atoms with Crippen LogP contribution in [0.5, 0.6) is 5.75 Å². The van der Waals surface area contributed by atoms with Crippen LogP contribution in [-0.4, -0.2) is 17.7 Å². The zero-order valence-electron chi connectivity index (χ0n) is 12.4. The normalized spacial score (nSPS) is 11.9. The molecule has 0 amide bonds. The Balaban J connectivity index is 2.34. The van der Waals surface area contributed by atoms with Gasteiger partial charge in [-0.1, -0.05) is 42.5 Å². The highest BCUT2D eigenvalue weighted by molar-refractivity contribution is 5.77. The van der Waals surface area contributed by atoms with Crippen molar-refractivity contribution in [1.29, 1.82) is 0 Å². The molecule has 1 N–H and O–H groups in total.